The third-order valence-electron chi connectivity index (χ3n) is 5.11. The molecule has 144 valence electrons. The Labute approximate surface area is 171 Å². The predicted octanol–water partition coefficient (Wildman–Crippen LogP) is 3.73. The Bertz CT molecular complexity index is 1240. The van der Waals surface area contributed by atoms with Gasteiger partial charge in [-0.25, -0.2) is 9.67 Å². The fraction of sp³-hybridized carbons (Fsp3) is 0.143. The number of hydrogen-bond donors (Lipinski definition) is 1. The summed E-state index contributed by atoms with van der Waals surface area (Å²) < 4.78 is 1.53. The molecular formula is C21H17ClN6O. The molecule has 8 heteroatoms. The first kappa shape index (κ1) is 17.6. The van der Waals surface area contributed by atoms with Crippen molar-refractivity contribution in [2.75, 3.05) is 13.1 Å². The maximum atomic E-state index is 12.9. The minimum Gasteiger partial charge on any atom is -0.346 e. The van der Waals surface area contributed by atoms with Gasteiger partial charge in [0, 0.05) is 36.4 Å². The zero-order valence-electron chi connectivity index (χ0n) is 15.4. The molecule has 1 aliphatic heterocycles. The molecule has 3 aromatic heterocycles. The Kier molecular flexibility index (Phi) is 4.37. The van der Waals surface area contributed by atoms with Crippen LogP contribution in [0.25, 0.3) is 22.3 Å². The number of fused-ring (bicyclic) bond motifs is 1. The summed E-state index contributed by atoms with van der Waals surface area (Å²) in [6.07, 6.45) is 8.24. The first-order chi connectivity index (χ1) is 14.2. The van der Waals surface area contributed by atoms with E-state index in [4.69, 9.17) is 11.6 Å². The first-order valence-corrected chi connectivity index (χ1v) is 9.66. The van der Waals surface area contributed by atoms with Crippen molar-refractivity contribution in [1.82, 2.24) is 29.9 Å². The molecule has 1 amide bonds. The topological polar surface area (TPSA) is 79.7 Å². The van der Waals surface area contributed by atoms with Crippen LogP contribution < -0.4 is 0 Å². The molecule has 0 spiro atoms. The predicted molar refractivity (Wildman–Crippen MR) is 111 cm³/mol. The molecule has 5 rings (SSSR count). The fourth-order valence-electron chi connectivity index (χ4n) is 3.60. The number of aromatic amines is 1. The maximum Gasteiger partial charge on any atom is 0.276 e. The number of carbonyl (C=O) groups excluding carboxylic acids is 1. The molecule has 4 heterocycles. The van der Waals surface area contributed by atoms with Crippen molar-refractivity contribution in [1.29, 1.82) is 0 Å². The summed E-state index contributed by atoms with van der Waals surface area (Å²) in [5.74, 6) is -0.140. The number of rotatable bonds is 3. The molecule has 0 saturated carbocycles. The number of pyridine rings is 1. The van der Waals surface area contributed by atoms with Crippen LogP contribution in [0.5, 0.6) is 0 Å². The summed E-state index contributed by atoms with van der Waals surface area (Å²) in [4.78, 5) is 22.2. The van der Waals surface area contributed by atoms with E-state index in [9.17, 15) is 4.79 Å². The van der Waals surface area contributed by atoms with Crippen LogP contribution in [0.2, 0.25) is 5.02 Å². The van der Waals surface area contributed by atoms with Crippen molar-refractivity contribution in [3.05, 3.63) is 77.3 Å². The van der Waals surface area contributed by atoms with Gasteiger partial charge in [-0.15, -0.1) is 5.10 Å². The number of carbonyl (C=O) groups is 1. The van der Waals surface area contributed by atoms with Crippen LogP contribution in [0.4, 0.5) is 0 Å². The van der Waals surface area contributed by atoms with Crippen LogP contribution >= 0.6 is 11.6 Å². The number of amides is 1. The van der Waals surface area contributed by atoms with Gasteiger partial charge in [0.25, 0.3) is 5.91 Å². The van der Waals surface area contributed by atoms with Crippen LogP contribution in [-0.4, -0.2) is 48.9 Å². The average Bonchev–Trinajstić information content (AvgIpc) is 3.41. The number of nitrogens with zero attached hydrogens (tertiary/aromatic N) is 5. The van der Waals surface area contributed by atoms with Crippen molar-refractivity contribution < 1.29 is 4.79 Å². The van der Waals surface area contributed by atoms with Gasteiger partial charge in [0.05, 0.1) is 16.9 Å². The van der Waals surface area contributed by atoms with Crippen molar-refractivity contribution in [3.8, 4) is 5.69 Å². The van der Waals surface area contributed by atoms with E-state index in [0.717, 1.165) is 23.0 Å². The highest BCUT2D eigenvalue weighted by atomic mass is 35.5. The third kappa shape index (κ3) is 3.19. The van der Waals surface area contributed by atoms with E-state index < -0.39 is 0 Å². The third-order valence-corrected chi connectivity index (χ3v) is 5.42. The minimum atomic E-state index is -0.140. The van der Waals surface area contributed by atoms with Gasteiger partial charge in [0.2, 0.25) is 0 Å². The van der Waals surface area contributed by atoms with Crippen molar-refractivity contribution in [3.63, 3.8) is 0 Å². The first-order valence-electron chi connectivity index (χ1n) is 9.29. The Morgan fingerprint density at radius 3 is 2.90 bits per heavy atom. The molecular weight excluding hydrogens is 388 g/mol. The molecule has 1 aromatic carbocycles. The van der Waals surface area contributed by atoms with Gasteiger partial charge in [-0.2, -0.15) is 0 Å². The van der Waals surface area contributed by atoms with Gasteiger partial charge in [0.15, 0.2) is 5.69 Å². The maximum absolute atomic E-state index is 12.9. The lowest BCUT2D eigenvalue weighted by molar-refractivity contribution is 0.0767. The van der Waals surface area contributed by atoms with E-state index in [2.05, 4.69) is 32.4 Å². The Morgan fingerprint density at radius 2 is 2.07 bits per heavy atom. The summed E-state index contributed by atoms with van der Waals surface area (Å²) in [5, 5.41) is 9.76. The molecule has 0 fully saturated rings. The Balaban J connectivity index is 1.34. The smallest absolute Gasteiger partial charge is 0.276 e. The molecule has 1 N–H and O–H groups in total. The average molecular weight is 405 g/mol. The molecule has 0 atom stereocenters. The van der Waals surface area contributed by atoms with Crippen molar-refractivity contribution in [2.45, 2.75) is 6.42 Å². The summed E-state index contributed by atoms with van der Waals surface area (Å²) in [6.45, 7) is 1.15. The number of H-pyrrole nitrogens is 1. The minimum absolute atomic E-state index is 0.140. The summed E-state index contributed by atoms with van der Waals surface area (Å²) in [7, 11) is 0. The molecule has 4 aromatic rings. The standard InChI is InChI=1S/C21H17ClN6O/c22-17-5-1-2-6-19(17)28-13-18(25-26-28)21(29)27-10-7-14(8-11-27)16-12-24-20-15(16)4-3-9-23-20/h1-7,9,12-13H,8,10-11H2,(H,23,24). The normalized spacial score (nSPS) is 14.2. The Morgan fingerprint density at radius 1 is 1.17 bits per heavy atom. The van der Waals surface area contributed by atoms with E-state index >= 15 is 0 Å². The highest BCUT2D eigenvalue weighted by molar-refractivity contribution is 6.32. The van der Waals surface area contributed by atoms with Crippen LogP contribution in [0.15, 0.2) is 61.1 Å². The second-order valence-electron chi connectivity index (χ2n) is 6.83. The summed E-state index contributed by atoms with van der Waals surface area (Å²) in [5.41, 5.74) is 4.23. The van der Waals surface area contributed by atoms with E-state index in [1.54, 1.807) is 23.4 Å². The lowest BCUT2D eigenvalue weighted by Gasteiger charge is -2.25. The van der Waals surface area contributed by atoms with Crippen molar-refractivity contribution in [2.24, 2.45) is 0 Å². The van der Waals surface area contributed by atoms with Crippen molar-refractivity contribution >= 4 is 34.1 Å². The second-order valence-corrected chi connectivity index (χ2v) is 7.24. The van der Waals surface area contributed by atoms with Gasteiger partial charge in [-0.05, 0) is 36.3 Å². The number of halogens is 1. The fourth-order valence-corrected chi connectivity index (χ4v) is 3.82. The molecule has 0 saturated heterocycles. The van der Waals surface area contributed by atoms with Gasteiger partial charge < -0.3 is 9.88 Å². The van der Waals surface area contributed by atoms with Gasteiger partial charge in [0.1, 0.15) is 5.65 Å². The molecule has 0 aliphatic carbocycles. The molecule has 0 radical (unpaired) electrons. The highest BCUT2D eigenvalue weighted by Crippen LogP contribution is 2.28. The zero-order valence-corrected chi connectivity index (χ0v) is 16.2. The van der Waals surface area contributed by atoms with Crippen LogP contribution in [0, 0.1) is 0 Å². The van der Waals surface area contributed by atoms with Gasteiger partial charge in [-0.3, -0.25) is 4.79 Å². The number of aromatic nitrogens is 5. The Hall–Kier alpha value is -3.45. The largest absolute Gasteiger partial charge is 0.346 e. The number of hydrogen-bond acceptors (Lipinski definition) is 4. The summed E-state index contributed by atoms with van der Waals surface area (Å²) >= 11 is 6.20. The van der Waals surface area contributed by atoms with Crippen LogP contribution in [0.3, 0.4) is 0 Å². The van der Waals surface area contributed by atoms with E-state index in [1.165, 1.54) is 10.3 Å². The lowest BCUT2D eigenvalue weighted by Crippen LogP contribution is -2.34. The number of benzene rings is 1. The lowest BCUT2D eigenvalue weighted by atomic mass is 9.99. The second kappa shape index (κ2) is 7.18. The monoisotopic (exact) mass is 404 g/mol. The summed E-state index contributed by atoms with van der Waals surface area (Å²) in [6, 6.07) is 11.3. The molecule has 7 nitrogen and oxygen atoms in total. The number of nitrogens with one attached hydrogen (secondary N) is 1. The van der Waals surface area contributed by atoms with Crippen LogP contribution in [0.1, 0.15) is 22.5 Å². The SMILES string of the molecule is O=C(c1cn(-c2ccccc2Cl)nn1)N1CC=C(c2c[nH]c3ncccc23)CC1. The molecule has 0 unspecified atom stereocenters. The van der Waals surface area contributed by atoms with E-state index in [0.29, 0.717) is 29.5 Å². The van der Waals surface area contributed by atoms with E-state index in [1.807, 2.05) is 30.5 Å². The zero-order chi connectivity index (χ0) is 19.8. The quantitative estimate of drug-likeness (QED) is 0.564. The van der Waals surface area contributed by atoms with Crippen LogP contribution in [-0.2, 0) is 0 Å². The van der Waals surface area contributed by atoms with Gasteiger partial charge in [-0.1, -0.05) is 35.0 Å². The molecule has 29 heavy (non-hydrogen) atoms. The van der Waals surface area contributed by atoms with E-state index in [-0.39, 0.29) is 5.91 Å². The molecule has 1 aliphatic rings. The highest BCUT2D eigenvalue weighted by Gasteiger charge is 2.23. The molecule has 0 bridgehead atoms. The van der Waals surface area contributed by atoms with Gasteiger partial charge >= 0.3 is 0 Å². The number of para-hydroxylation sites is 1.